The number of ether oxygens (including phenoxy) is 3. The molecule has 1 aromatic carbocycles. The predicted octanol–water partition coefficient (Wildman–Crippen LogP) is 3.66. The molecule has 2 aliphatic heterocycles. The van der Waals surface area contributed by atoms with Crippen LogP contribution in [0.1, 0.15) is 43.2 Å². The number of halogens is 1. The van der Waals surface area contributed by atoms with Gasteiger partial charge in [-0.25, -0.2) is 0 Å². The summed E-state index contributed by atoms with van der Waals surface area (Å²) in [6.07, 6.45) is 5.29. The molecule has 2 fully saturated rings. The first kappa shape index (κ1) is 26.4. The van der Waals surface area contributed by atoms with Crippen LogP contribution in [-0.2, 0) is 19.6 Å². The monoisotopic (exact) mass is 545 g/mol. The molecule has 0 spiro atoms. The molecule has 31 heavy (non-hydrogen) atoms. The number of hydrogen-bond acceptors (Lipinski definition) is 4. The number of nitrogens with one attached hydrogen (secondary N) is 2. The third-order valence-electron chi connectivity index (χ3n) is 6.44. The summed E-state index contributed by atoms with van der Waals surface area (Å²) >= 11 is 0. The number of benzene rings is 1. The molecule has 0 radical (unpaired) electrons. The fraction of sp³-hybridized carbons (Fsp3) is 0.708. The van der Waals surface area contributed by atoms with Crippen molar-refractivity contribution in [1.82, 2.24) is 10.6 Å². The molecular weight excluding hydrogens is 505 g/mol. The first-order valence-corrected chi connectivity index (χ1v) is 11.5. The number of nitrogens with zero attached hydrogens (tertiary/aromatic N) is 1. The first-order valence-electron chi connectivity index (χ1n) is 11.5. The zero-order chi connectivity index (χ0) is 21.1. The Bertz CT molecular complexity index is 659. The van der Waals surface area contributed by atoms with Crippen molar-refractivity contribution >= 4 is 29.9 Å². The minimum absolute atomic E-state index is 0. The van der Waals surface area contributed by atoms with Crippen LogP contribution in [0.4, 0.5) is 0 Å². The van der Waals surface area contributed by atoms with Gasteiger partial charge in [-0.05, 0) is 56.1 Å². The summed E-state index contributed by atoms with van der Waals surface area (Å²) in [5.74, 6) is 1.53. The molecule has 0 aromatic heterocycles. The van der Waals surface area contributed by atoms with Gasteiger partial charge in [0.1, 0.15) is 0 Å². The maximum Gasteiger partial charge on any atom is 0.191 e. The van der Waals surface area contributed by atoms with E-state index >= 15 is 0 Å². The molecule has 2 aliphatic rings. The van der Waals surface area contributed by atoms with Crippen molar-refractivity contribution in [3.05, 3.63) is 35.4 Å². The van der Waals surface area contributed by atoms with E-state index in [4.69, 9.17) is 14.2 Å². The van der Waals surface area contributed by atoms with Gasteiger partial charge in [0.05, 0.1) is 0 Å². The molecule has 0 saturated carbocycles. The molecule has 176 valence electrons. The van der Waals surface area contributed by atoms with Gasteiger partial charge in [-0.1, -0.05) is 24.3 Å². The van der Waals surface area contributed by atoms with Gasteiger partial charge in [-0.3, -0.25) is 4.99 Å². The highest BCUT2D eigenvalue weighted by Gasteiger charge is 2.35. The Morgan fingerprint density at radius 2 is 1.81 bits per heavy atom. The van der Waals surface area contributed by atoms with Crippen molar-refractivity contribution in [3.8, 4) is 0 Å². The number of rotatable bonds is 9. The van der Waals surface area contributed by atoms with Crippen molar-refractivity contribution in [2.24, 2.45) is 10.9 Å². The van der Waals surface area contributed by atoms with Crippen molar-refractivity contribution in [2.45, 2.75) is 44.4 Å². The van der Waals surface area contributed by atoms with Crippen LogP contribution in [0.2, 0.25) is 0 Å². The van der Waals surface area contributed by atoms with Gasteiger partial charge < -0.3 is 24.8 Å². The van der Waals surface area contributed by atoms with Crippen LogP contribution in [0.5, 0.6) is 0 Å². The quantitative estimate of drug-likeness (QED) is 0.215. The zero-order valence-corrected chi connectivity index (χ0v) is 21.5. The minimum atomic E-state index is 0. The largest absolute Gasteiger partial charge is 0.381 e. The van der Waals surface area contributed by atoms with Gasteiger partial charge in [0, 0.05) is 65.2 Å². The molecule has 0 bridgehead atoms. The molecule has 2 N–H and O–H groups in total. The van der Waals surface area contributed by atoms with Gasteiger partial charge >= 0.3 is 0 Å². The molecule has 6 nitrogen and oxygen atoms in total. The molecule has 3 rings (SSSR count). The maximum atomic E-state index is 5.86. The van der Waals surface area contributed by atoms with E-state index in [-0.39, 0.29) is 29.4 Å². The second kappa shape index (κ2) is 14.3. The van der Waals surface area contributed by atoms with Crippen molar-refractivity contribution in [3.63, 3.8) is 0 Å². The van der Waals surface area contributed by atoms with Crippen molar-refractivity contribution in [1.29, 1.82) is 0 Å². The van der Waals surface area contributed by atoms with Crippen LogP contribution < -0.4 is 10.6 Å². The lowest BCUT2D eigenvalue weighted by molar-refractivity contribution is 0.0203. The average molecular weight is 546 g/mol. The third kappa shape index (κ3) is 8.18. The fourth-order valence-electron chi connectivity index (χ4n) is 4.49. The minimum Gasteiger partial charge on any atom is -0.381 e. The van der Waals surface area contributed by atoms with Gasteiger partial charge in [-0.15, -0.1) is 24.0 Å². The van der Waals surface area contributed by atoms with E-state index in [0.717, 1.165) is 90.8 Å². The molecule has 0 amide bonds. The second-order valence-corrected chi connectivity index (χ2v) is 8.54. The van der Waals surface area contributed by atoms with E-state index in [0.29, 0.717) is 5.92 Å². The van der Waals surface area contributed by atoms with E-state index in [1.165, 1.54) is 11.1 Å². The molecule has 2 heterocycles. The topological polar surface area (TPSA) is 64.1 Å². The highest BCUT2D eigenvalue weighted by atomic mass is 127. The van der Waals surface area contributed by atoms with E-state index < -0.39 is 0 Å². The molecule has 2 saturated heterocycles. The highest BCUT2D eigenvalue weighted by molar-refractivity contribution is 14.0. The van der Waals surface area contributed by atoms with Gasteiger partial charge in [0.15, 0.2) is 5.96 Å². The smallest absolute Gasteiger partial charge is 0.191 e. The first-order chi connectivity index (χ1) is 14.7. The Hall–Kier alpha value is -0.900. The van der Waals surface area contributed by atoms with Crippen molar-refractivity contribution < 1.29 is 14.2 Å². The number of guanidine groups is 1. The van der Waals surface area contributed by atoms with Crippen LogP contribution >= 0.6 is 24.0 Å². The fourth-order valence-corrected chi connectivity index (χ4v) is 4.49. The lowest BCUT2D eigenvalue weighted by atomic mass is 9.72. The molecule has 0 atom stereocenters. The van der Waals surface area contributed by atoms with E-state index in [1.54, 1.807) is 0 Å². The molecular formula is C24H40IN3O3. The SMILES string of the molecule is CN=C(NCCCOCC1CCOCC1)NCC1(c2ccccc2C)CCOCC1.I. The Morgan fingerprint density at radius 3 is 2.52 bits per heavy atom. The van der Waals surface area contributed by atoms with Crippen LogP contribution in [0, 0.1) is 12.8 Å². The third-order valence-corrected chi connectivity index (χ3v) is 6.44. The molecule has 7 heteroatoms. The molecule has 0 aliphatic carbocycles. The van der Waals surface area contributed by atoms with Crippen LogP contribution in [0.15, 0.2) is 29.3 Å². The Morgan fingerprint density at radius 1 is 1.10 bits per heavy atom. The normalized spacial score (nSPS) is 19.5. The summed E-state index contributed by atoms with van der Waals surface area (Å²) in [6, 6.07) is 8.74. The molecule has 0 unspecified atom stereocenters. The van der Waals surface area contributed by atoms with Crippen LogP contribution in [0.3, 0.4) is 0 Å². The summed E-state index contributed by atoms with van der Waals surface area (Å²) < 4.78 is 16.9. The summed E-state index contributed by atoms with van der Waals surface area (Å²) in [5, 5.41) is 7.02. The summed E-state index contributed by atoms with van der Waals surface area (Å²) in [6.45, 7) is 8.96. The average Bonchev–Trinajstić information content (AvgIpc) is 2.79. The van der Waals surface area contributed by atoms with Crippen molar-refractivity contribution in [2.75, 3.05) is 59.8 Å². The number of hydrogen-bond donors (Lipinski definition) is 2. The Labute approximate surface area is 204 Å². The highest BCUT2D eigenvalue weighted by Crippen LogP contribution is 2.36. The van der Waals surface area contributed by atoms with Gasteiger partial charge in [0.25, 0.3) is 0 Å². The zero-order valence-electron chi connectivity index (χ0n) is 19.2. The second-order valence-electron chi connectivity index (χ2n) is 8.54. The maximum absolute atomic E-state index is 5.86. The molecule has 1 aromatic rings. The van der Waals surface area contributed by atoms with E-state index in [2.05, 4.69) is 46.8 Å². The Balaban J connectivity index is 0.00000341. The van der Waals surface area contributed by atoms with Crippen LogP contribution in [-0.4, -0.2) is 65.7 Å². The standard InChI is InChI=1S/C24H39N3O3.HI/c1-20-6-3-4-7-22(20)24(10-16-29-17-11-24)19-27-23(25-2)26-12-5-13-30-18-21-8-14-28-15-9-21;/h3-4,6-7,21H,5,8-19H2,1-2H3,(H2,25,26,27);1H. The van der Waals surface area contributed by atoms with Crippen LogP contribution in [0.25, 0.3) is 0 Å². The Kier molecular flexibility index (Phi) is 12.1. The van der Waals surface area contributed by atoms with Gasteiger partial charge in [-0.2, -0.15) is 0 Å². The van der Waals surface area contributed by atoms with Gasteiger partial charge in [0.2, 0.25) is 0 Å². The predicted molar refractivity (Wildman–Crippen MR) is 137 cm³/mol. The number of aliphatic imine (C=N–C) groups is 1. The summed E-state index contributed by atoms with van der Waals surface area (Å²) in [5.41, 5.74) is 2.87. The van der Waals surface area contributed by atoms with E-state index in [9.17, 15) is 0 Å². The number of aryl methyl sites for hydroxylation is 1. The van der Waals surface area contributed by atoms with E-state index in [1.807, 2.05) is 7.05 Å². The summed E-state index contributed by atoms with van der Waals surface area (Å²) in [4.78, 5) is 4.42. The lowest BCUT2D eigenvalue weighted by Crippen LogP contribution is -2.48. The summed E-state index contributed by atoms with van der Waals surface area (Å²) in [7, 11) is 1.83. The lowest BCUT2D eigenvalue weighted by Gasteiger charge is -2.39.